The van der Waals surface area contributed by atoms with Crippen molar-refractivity contribution in [1.82, 2.24) is 10.5 Å². The van der Waals surface area contributed by atoms with Crippen LogP contribution in [0.4, 0.5) is 0 Å². The van der Waals surface area contributed by atoms with Gasteiger partial charge < -0.3 is 34.7 Å². The molecule has 6 N–H and O–H groups in total. The van der Waals surface area contributed by atoms with Gasteiger partial charge in [-0.15, -0.1) is 0 Å². The van der Waals surface area contributed by atoms with Gasteiger partial charge in [0.2, 0.25) is 0 Å². The van der Waals surface area contributed by atoms with Crippen molar-refractivity contribution in [3.05, 3.63) is 0 Å². The van der Waals surface area contributed by atoms with Gasteiger partial charge in [0.1, 0.15) is 6.40 Å². The first kappa shape index (κ1) is 23.9. The van der Waals surface area contributed by atoms with Crippen LogP contribution in [0.2, 0.25) is 20.0 Å². The molecule has 2 unspecified atom stereocenters. The second-order valence-corrected chi connectivity index (χ2v) is 6.51. The number of aliphatic carboxylic acids is 1. The number of carboxylic acids is 1. The first-order chi connectivity index (χ1) is 11.7. The van der Waals surface area contributed by atoms with Crippen LogP contribution in [-0.2, 0) is 9.45 Å². The summed E-state index contributed by atoms with van der Waals surface area (Å²) >= 11 is 0. The molecule has 0 aromatic rings. The molecule has 1 radical (unpaired) electrons. The maximum atomic E-state index is 11.2. The summed E-state index contributed by atoms with van der Waals surface area (Å²) in [4.78, 5) is 11.2. The average Bonchev–Trinajstić information content (AvgIpc) is 2.50. The lowest BCUT2D eigenvalue weighted by atomic mass is 9.86. The van der Waals surface area contributed by atoms with Crippen LogP contribution in [0.15, 0.2) is 0 Å². The number of carbonyl (C=O) groups is 1. The van der Waals surface area contributed by atoms with E-state index in [0.717, 1.165) is 26.0 Å². The van der Waals surface area contributed by atoms with Crippen LogP contribution < -0.4 is 10.5 Å². The van der Waals surface area contributed by atoms with E-state index < -0.39 is 26.1 Å². The maximum absolute atomic E-state index is 11.2. The molecular formula is C13H31B3N4O5+. The highest BCUT2D eigenvalue weighted by molar-refractivity contribution is 6.46. The van der Waals surface area contributed by atoms with Gasteiger partial charge in [-0.2, -0.15) is 0 Å². The molecule has 0 saturated heterocycles. The fraction of sp³-hybridized carbons (Fsp3) is 0.846. The minimum atomic E-state index is -0.974. The molecule has 0 amide bonds. The summed E-state index contributed by atoms with van der Waals surface area (Å²) in [7, 11) is 2.19. The van der Waals surface area contributed by atoms with Crippen molar-refractivity contribution in [1.29, 1.82) is 5.41 Å². The summed E-state index contributed by atoms with van der Waals surface area (Å²) in [5.74, 6) is -0.974. The van der Waals surface area contributed by atoms with Crippen LogP contribution in [-0.4, -0.2) is 92.9 Å². The van der Waals surface area contributed by atoms with Gasteiger partial charge >= 0.3 is 27.6 Å². The summed E-state index contributed by atoms with van der Waals surface area (Å²) in [6.45, 7) is 6.09. The summed E-state index contributed by atoms with van der Waals surface area (Å²) in [5.41, 5.74) is 0. The Hall–Kier alpha value is -1.07. The number of rotatable bonds is 16. The summed E-state index contributed by atoms with van der Waals surface area (Å²) in [6.07, 6.45) is 2.62. The van der Waals surface area contributed by atoms with E-state index in [9.17, 15) is 19.9 Å². The molecule has 0 aliphatic heterocycles. The highest BCUT2D eigenvalue weighted by Crippen LogP contribution is 2.09. The molecule has 2 atom stereocenters. The lowest BCUT2D eigenvalue weighted by Gasteiger charge is -2.35. The van der Waals surface area contributed by atoms with E-state index >= 15 is 0 Å². The quantitative estimate of drug-likeness (QED) is 0.0668. The third-order valence-corrected chi connectivity index (χ3v) is 3.97. The Balaban J connectivity index is 4.51. The molecular weight excluding hydrogens is 325 g/mol. The van der Waals surface area contributed by atoms with Crippen LogP contribution >= 0.6 is 0 Å². The number of likely N-dealkylation sites (N-methyl/N-ethyl adjacent to an activating group) is 1. The number of hydrogen-bond donors (Lipinski definition) is 6. The SMILES string of the molecule is CB(O)NCC[N+](C)(CC[B]OC=N)CCCC(NB(C)O)C(=O)O. The summed E-state index contributed by atoms with van der Waals surface area (Å²) in [5, 5.41) is 40.3. The van der Waals surface area contributed by atoms with Gasteiger partial charge in [0.15, 0.2) is 0 Å². The monoisotopic (exact) mass is 356 g/mol. The number of nitrogens with one attached hydrogen (secondary N) is 3. The van der Waals surface area contributed by atoms with Crippen molar-refractivity contribution in [2.45, 2.75) is 38.8 Å². The predicted molar refractivity (Wildman–Crippen MR) is 101 cm³/mol. The van der Waals surface area contributed by atoms with Gasteiger partial charge in [-0.3, -0.25) is 10.2 Å². The van der Waals surface area contributed by atoms with Gasteiger partial charge in [-0.1, -0.05) is 0 Å². The van der Waals surface area contributed by atoms with Crippen molar-refractivity contribution in [3.63, 3.8) is 0 Å². The van der Waals surface area contributed by atoms with Crippen LogP contribution in [0.25, 0.3) is 0 Å². The Morgan fingerprint density at radius 1 is 1.32 bits per heavy atom. The summed E-state index contributed by atoms with van der Waals surface area (Å²) in [6, 6.07) is -0.781. The molecule has 141 valence electrons. The fourth-order valence-corrected chi connectivity index (χ4v) is 2.61. The Labute approximate surface area is 151 Å². The van der Waals surface area contributed by atoms with E-state index in [4.69, 9.17) is 10.1 Å². The number of carboxylic acid groups (broad SMARTS) is 1. The molecule has 12 heteroatoms. The zero-order chi connectivity index (χ0) is 19.3. The molecule has 0 spiro atoms. The predicted octanol–water partition coefficient (Wildman–Crippen LogP) is -1.27. The normalized spacial score (nSPS) is 14.3. The van der Waals surface area contributed by atoms with E-state index in [1.165, 1.54) is 6.82 Å². The lowest BCUT2D eigenvalue weighted by Crippen LogP contribution is -2.51. The standard InChI is InChI=1S/C13H30B3N4O5/c1-15(23)18-7-10-20(3,9-6-14-25-11-17)8-4-5-12(13(21)22)19-16(2)24/h11-12,17-19,23-24H,4-10H2,1-3H3/p+1. The third-order valence-electron chi connectivity index (χ3n) is 3.97. The molecule has 0 fully saturated rings. The van der Waals surface area contributed by atoms with Gasteiger partial charge in [-0.05, 0) is 26.5 Å². The van der Waals surface area contributed by atoms with E-state index in [-0.39, 0.29) is 0 Å². The van der Waals surface area contributed by atoms with Crippen LogP contribution in [0.1, 0.15) is 12.8 Å². The van der Waals surface area contributed by atoms with Crippen LogP contribution in [0.5, 0.6) is 0 Å². The minimum Gasteiger partial charge on any atom is -0.556 e. The van der Waals surface area contributed by atoms with Crippen molar-refractivity contribution in [2.24, 2.45) is 0 Å². The Morgan fingerprint density at radius 2 is 2.00 bits per heavy atom. The summed E-state index contributed by atoms with van der Waals surface area (Å²) < 4.78 is 5.50. The zero-order valence-electron chi connectivity index (χ0n) is 15.4. The highest BCUT2D eigenvalue weighted by Gasteiger charge is 2.25. The average molecular weight is 356 g/mol. The molecule has 0 bridgehead atoms. The Kier molecular flexibility index (Phi) is 12.6. The molecule has 0 aliphatic carbocycles. The molecule has 0 saturated carbocycles. The van der Waals surface area contributed by atoms with Crippen molar-refractivity contribution >= 4 is 34.0 Å². The molecule has 0 aliphatic rings. The smallest absolute Gasteiger partial charge is 0.376 e. The molecule has 9 nitrogen and oxygen atoms in total. The van der Waals surface area contributed by atoms with E-state index in [1.807, 2.05) is 0 Å². The number of nitrogens with zero attached hydrogens (tertiary/aromatic N) is 1. The molecule has 25 heavy (non-hydrogen) atoms. The van der Waals surface area contributed by atoms with Crippen molar-refractivity contribution in [3.8, 4) is 0 Å². The second kappa shape index (κ2) is 13.2. The van der Waals surface area contributed by atoms with E-state index in [1.54, 1.807) is 14.3 Å². The van der Waals surface area contributed by atoms with Crippen molar-refractivity contribution < 1.29 is 29.1 Å². The minimum absolute atomic E-state index is 0.415. The number of hydrogen-bond acceptors (Lipinski definition) is 7. The second-order valence-electron chi connectivity index (χ2n) is 6.51. The van der Waals surface area contributed by atoms with Crippen LogP contribution in [0, 0.1) is 5.41 Å². The third kappa shape index (κ3) is 12.9. The van der Waals surface area contributed by atoms with Crippen LogP contribution in [0.3, 0.4) is 0 Å². The molecule has 0 aromatic carbocycles. The zero-order valence-corrected chi connectivity index (χ0v) is 15.4. The lowest BCUT2D eigenvalue weighted by molar-refractivity contribution is -0.906. The molecule has 0 heterocycles. The topological polar surface area (TPSA) is 135 Å². The number of quaternary nitrogens is 1. The first-order valence-electron chi connectivity index (χ1n) is 8.58. The largest absolute Gasteiger partial charge is 0.556 e. The Morgan fingerprint density at radius 3 is 2.52 bits per heavy atom. The molecule has 0 rings (SSSR count). The van der Waals surface area contributed by atoms with Gasteiger partial charge in [0, 0.05) is 12.9 Å². The Bertz CT molecular complexity index is 393. The highest BCUT2D eigenvalue weighted by atomic mass is 16.4. The van der Waals surface area contributed by atoms with Gasteiger partial charge in [0.05, 0.1) is 32.7 Å². The van der Waals surface area contributed by atoms with E-state index in [0.29, 0.717) is 30.2 Å². The van der Waals surface area contributed by atoms with E-state index in [2.05, 4.69) is 17.5 Å². The van der Waals surface area contributed by atoms with Crippen molar-refractivity contribution in [2.75, 3.05) is 33.2 Å². The molecule has 0 aromatic heterocycles. The van der Waals surface area contributed by atoms with Gasteiger partial charge in [-0.25, -0.2) is 0 Å². The fourth-order valence-electron chi connectivity index (χ4n) is 2.61. The maximum Gasteiger partial charge on any atom is 0.376 e. The van der Waals surface area contributed by atoms with Gasteiger partial charge in [0.25, 0.3) is 0 Å². The first-order valence-corrected chi connectivity index (χ1v) is 8.58.